The van der Waals surface area contributed by atoms with Gasteiger partial charge >= 0.3 is 0 Å². The first kappa shape index (κ1) is 13.1. The van der Waals surface area contributed by atoms with Gasteiger partial charge in [0.2, 0.25) is 5.91 Å². The molecule has 3 nitrogen and oxygen atoms in total. The molecule has 1 unspecified atom stereocenters. The van der Waals surface area contributed by atoms with Gasteiger partial charge in [-0.1, -0.05) is 36.4 Å². The number of nitrogens with one attached hydrogen (secondary N) is 1. The van der Waals surface area contributed by atoms with E-state index in [1.807, 2.05) is 25.1 Å². The minimum Gasteiger partial charge on any atom is -0.368 e. The number of halogens is 1. The van der Waals surface area contributed by atoms with E-state index >= 15 is 0 Å². The summed E-state index contributed by atoms with van der Waals surface area (Å²) in [4.78, 5) is 11.6. The van der Waals surface area contributed by atoms with Crippen LogP contribution in [0.25, 0.3) is 0 Å². The van der Waals surface area contributed by atoms with Crippen LogP contribution in [0.2, 0.25) is 0 Å². The number of para-hydroxylation sites is 1. The molecular weight excluding hydrogens is 243 g/mol. The Morgan fingerprint density at radius 1 is 1.16 bits per heavy atom. The number of carbonyl (C=O) groups excluding carboxylic acids is 1. The molecule has 2 rings (SSSR count). The van der Waals surface area contributed by atoms with E-state index in [4.69, 9.17) is 5.73 Å². The lowest BCUT2D eigenvalue weighted by Crippen LogP contribution is -2.28. The third kappa shape index (κ3) is 2.91. The Morgan fingerprint density at radius 3 is 2.42 bits per heavy atom. The molecule has 0 spiro atoms. The van der Waals surface area contributed by atoms with E-state index in [9.17, 15) is 9.18 Å². The van der Waals surface area contributed by atoms with Crippen molar-refractivity contribution in [2.24, 2.45) is 5.73 Å². The molecule has 98 valence electrons. The second kappa shape index (κ2) is 5.52. The summed E-state index contributed by atoms with van der Waals surface area (Å²) in [7, 11) is 0. The molecule has 0 heterocycles. The molecule has 19 heavy (non-hydrogen) atoms. The topological polar surface area (TPSA) is 55.1 Å². The molecule has 0 aliphatic heterocycles. The summed E-state index contributed by atoms with van der Waals surface area (Å²) in [6.45, 7) is 1.88. The van der Waals surface area contributed by atoms with Crippen LogP contribution in [0.5, 0.6) is 0 Å². The first-order valence-corrected chi connectivity index (χ1v) is 5.95. The molecule has 0 radical (unpaired) electrons. The number of anilines is 1. The number of hydrogen-bond donors (Lipinski definition) is 2. The zero-order chi connectivity index (χ0) is 13.8. The van der Waals surface area contributed by atoms with Gasteiger partial charge in [0.05, 0.1) is 5.69 Å². The van der Waals surface area contributed by atoms with Crippen molar-refractivity contribution in [1.29, 1.82) is 0 Å². The Bertz CT molecular complexity index is 598. The van der Waals surface area contributed by atoms with E-state index in [1.165, 1.54) is 6.07 Å². The number of primary amides is 1. The van der Waals surface area contributed by atoms with Gasteiger partial charge in [0.1, 0.15) is 11.9 Å². The van der Waals surface area contributed by atoms with Crippen LogP contribution in [0.1, 0.15) is 17.2 Å². The predicted octanol–water partition coefficient (Wildman–Crippen LogP) is 2.77. The molecule has 0 aliphatic rings. The Labute approximate surface area is 111 Å². The van der Waals surface area contributed by atoms with Gasteiger partial charge in [0.15, 0.2) is 0 Å². The van der Waals surface area contributed by atoms with Crippen LogP contribution in [0.15, 0.2) is 48.5 Å². The monoisotopic (exact) mass is 258 g/mol. The molecular formula is C15H15FN2O. The van der Waals surface area contributed by atoms with Gasteiger partial charge in [0, 0.05) is 0 Å². The normalized spacial score (nSPS) is 11.9. The molecule has 1 amide bonds. The van der Waals surface area contributed by atoms with E-state index in [0.29, 0.717) is 0 Å². The number of amides is 1. The van der Waals surface area contributed by atoms with Crippen molar-refractivity contribution >= 4 is 11.6 Å². The molecule has 2 aromatic carbocycles. The highest BCUT2D eigenvalue weighted by atomic mass is 19.1. The predicted molar refractivity (Wildman–Crippen MR) is 73.1 cm³/mol. The van der Waals surface area contributed by atoms with Crippen LogP contribution in [0.3, 0.4) is 0 Å². The second-order valence-corrected chi connectivity index (χ2v) is 4.32. The maximum atomic E-state index is 13.6. The number of hydrogen-bond acceptors (Lipinski definition) is 2. The zero-order valence-corrected chi connectivity index (χ0v) is 10.6. The molecule has 3 N–H and O–H groups in total. The van der Waals surface area contributed by atoms with Crippen molar-refractivity contribution in [3.8, 4) is 0 Å². The maximum absolute atomic E-state index is 13.6. The van der Waals surface area contributed by atoms with Gasteiger partial charge in [-0.05, 0) is 30.2 Å². The van der Waals surface area contributed by atoms with Gasteiger partial charge in [-0.15, -0.1) is 0 Å². The van der Waals surface area contributed by atoms with Gasteiger partial charge in [-0.25, -0.2) is 4.39 Å². The summed E-state index contributed by atoms with van der Waals surface area (Å²) in [5.74, 6) is -0.958. The molecule has 0 fully saturated rings. The number of nitrogens with two attached hydrogens (primary N) is 1. The van der Waals surface area contributed by atoms with Gasteiger partial charge in [0.25, 0.3) is 0 Å². The smallest absolute Gasteiger partial charge is 0.244 e. The number of rotatable bonds is 4. The Morgan fingerprint density at radius 2 is 1.79 bits per heavy atom. The summed E-state index contributed by atoms with van der Waals surface area (Å²) in [6.07, 6.45) is 0. The number of aryl methyl sites for hydroxylation is 1. The van der Waals surface area contributed by atoms with Crippen LogP contribution < -0.4 is 11.1 Å². The first-order chi connectivity index (χ1) is 9.09. The molecule has 0 saturated heterocycles. The summed E-state index contributed by atoms with van der Waals surface area (Å²) >= 11 is 0. The minimum absolute atomic E-state index is 0.259. The highest BCUT2D eigenvalue weighted by molar-refractivity contribution is 5.85. The van der Waals surface area contributed by atoms with E-state index in [0.717, 1.165) is 11.1 Å². The first-order valence-electron chi connectivity index (χ1n) is 5.95. The lowest BCUT2D eigenvalue weighted by molar-refractivity contribution is -0.118. The van der Waals surface area contributed by atoms with Crippen LogP contribution in [-0.2, 0) is 4.79 Å². The third-order valence-electron chi connectivity index (χ3n) is 2.96. The SMILES string of the molecule is Cc1ccccc1C(Nc1ccccc1F)C(N)=O. The third-order valence-corrected chi connectivity index (χ3v) is 2.96. The maximum Gasteiger partial charge on any atom is 0.244 e. The minimum atomic E-state index is -0.752. The number of carbonyl (C=O) groups is 1. The van der Waals surface area contributed by atoms with Crippen molar-refractivity contribution in [2.45, 2.75) is 13.0 Å². The number of benzene rings is 2. The largest absolute Gasteiger partial charge is 0.368 e. The van der Waals surface area contributed by atoms with Gasteiger partial charge < -0.3 is 11.1 Å². The average Bonchev–Trinajstić information content (AvgIpc) is 2.38. The molecule has 4 heteroatoms. The van der Waals surface area contributed by atoms with Gasteiger partial charge in [-0.2, -0.15) is 0 Å². The summed E-state index contributed by atoms with van der Waals surface area (Å²) in [5.41, 5.74) is 7.34. The quantitative estimate of drug-likeness (QED) is 0.886. The summed E-state index contributed by atoms with van der Waals surface area (Å²) in [6, 6.07) is 12.8. The molecule has 2 aromatic rings. The summed E-state index contributed by atoms with van der Waals surface area (Å²) < 4.78 is 13.6. The summed E-state index contributed by atoms with van der Waals surface area (Å²) in [5, 5.41) is 2.85. The lowest BCUT2D eigenvalue weighted by Gasteiger charge is -2.19. The Kier molecular flexibility index (Phi) is 3.80. The van der Waals surface area contributed by atoms with Crippen molar-refractivity contribution in [2.75, 3.05) is 5.32 Å². The fourth-order valence-electron chi connectivity index (χ4n) is 1.95. The van der Waals surface area contributed by atoms with Crippen LogP contribution in [0.4, 0.5) is 10.1 Å². The molecule has 0 bridgehead atoms. The molecule has 0 aliphatic carbocycles. The van der Waals surface area contributed by atoms with E-state index in [2.05, 4.69) is 5.32 Å². The van der Waals surface area contributed by atoms with Gasteiger partial charge in [-0.3, -0.25) is 4.79 Å². The molecule has 1 atom stereocenters. The Balaban J connectivity index is 2.35. The zero-order valence-electron chi connectivity index (χ0n) is 10.6. The van der Waals surface area contributed by atoms with Crippen LogP contribution in [0, 0.1) is 12.7 Å². The van der Waals surface area contributed by atoms with Crippen molar-refractivity contribution in [3.05, 3.63) is 65.5 Å². The standard InChI is InChI=1S/C15H15FN2O/c1-10-6-2-3-7-11(10)14(15(17)19)18-13-9-5-4-8-12(13)16/h2-9,14,18H,1H3,(H2,17,19). The fourth-order valence-corrected chi connectivity index (χ4v) is 1.95. The van der Waals surface area contributed by atoms with E-state index < -0.39 is 17.8 Å². The van der Waals surface area contributed by atoms with E-state index in [-0.39, 0.29) is 5.69 Å². The van der Waals surface area contributed by atoms with E-state index in [1.54, 1.807) is 24.3 Å². The highest BCUT2D eigenvalue weighted by Gasteiger charge is 2.20. The van der Waals surface area contributed by atoms with Crippen molar-refractivity contribution in [3.63, 3.8) is 0 Å². The molecule has 0 aromatic heterocycles. The van der Waals surface area contributed by atoms with Crippen LogP contribution in [-0.4, -0.2) is 5.91 Å². The molecule has 0 saturated carbocycles. The van der Waals surface area contributed by atoms with Crippen LogP contribution >= 0.6 is 0 Å². The van der Waals surface area contributed by atoms with Crippen molar-refractivity contribution in [1.82, 2.24) is 0 Å². The lowest BCUT2D eigenvalue weighted by atomic mass is 10.0. The fraction of sp³-hybridized carbons (Fsp3) is 0.133. The van der Waals surface area contributed by atoms with Crippen molar-refractivity contribution < 1.29 is 9.18 Å². The Hall–Kier alpha value is -2.36. The average molecular weight is 258 g/mol. The highest BCUT2D eigenvalue weighted by Crippen LogP contribution is 2.23. The second-order valence-electron chi connectivity index (χ2n) is 4.32.